The van der Waals surface area contributed by atoms with E-state index in [1.165, 1.54) is 12.0 Å². The van der Waals surface area contributed by atoms with Gasteiger partial charge in [0.25, 0.3) is 0 Å². The van der Waals surface area contributed by atoms with Crippen LogP contribution in [0.4, 0.5) is 4.79 Å². The minimum absolute atomic E-state index is 0.0919. The van der Waals surface area contributed by atoms with Crippen molar-refractivity contribution in [1.29, 1.82) is 0 Å². The zero-order chi connectivity index (χ0) is 13.2. The maximum absolute atomic E-state index is 11.8. The van der Waals surface area contributed by atoms with Crippen LogP contribution in [0.3, 0.4) is 0 Å². The van der Waals surface area contributed by atoms with E-state index in [0.29, 0.717) is 0 Å². The molecule has 98 valence electrons. The lowest BCUT2D eigenvalue weighted by atomic mass is 10.2. The fraction of sp³-hybridized carbons (Fsp3) is 0.818. The number of nitrogens with zero attached hydrogens (tertiary/aromatic N) is 1. The van der Waals surface area contributed by atoms with Gasteiger partial charge in [-0.25, -0.2) is 9.59 Å². The van der Waals surface area contributed by atoms with Crippen molar-refractivity contribution in [1.82, 2.24) is 4.90 Å². The van der Waals surface area contributed by atoms with E-state index in [-0.39, 0.29) is 13.0 Å². The normalized spacial score (nSPS) is 24.6. The number of amides is 1. The summed E-state index contributed by atoms with van der Waals surface area (Å²) in [6.45, 7) is 5.31. The van der Waals surface area contributed by atoms with Gasteiger partial charge in [0.1, 0.15) is 11.6 Å². The molecular weight excluding hydrogens is 226 g/mol. The molecule has 1 aliphatic heterocycles. The smallest absolute Gasteiger partial charge is 0.411 e. The molecular formula is C11H19NO5. The Morgan fingerprint density at radius 2 is 1.94 bits per heavy atom. The van der Waals surface area contributed by atoms with Crippen molar-refractivity contribution in [2.75, 3.05) is 13.7 Å². The number of esters is 1. The third-order valence-electron chi connectivity index (χ3n) is 2.38. The number of ether oxygens (including phenoxy) is 2. The van der Waals surface area contributed by atoms with E-state index in [2.05, 4.69) is 4.74 Å². The summed E-state index contributed by atoms with van der Waals surface area (Å²) in [5.74, 6) is -0.535. The molecule has 0 radical (unpaired) electrons. The first-order valence-electron chi connectivity index (χ1n) is 5.50. The zero-order valence-corrected chi connectivity index (χ0v) is 10.6. The van der Waals surface area contributed by atoms with Crippen molar-refractivity contribution in [3.63, 3.8) is 0 Å². The number of carbonyl (C=O) groups is 2. The molecule has 2 atom stereocenters. The number of hydrogen-bond acceptors (Lipinski definition) is 5. The fourth-order valence-electron chi connectivity index (χ4n) is 1.70. The summed E-state index contributed by atoms with van der Waals surface area (Å²) in [7, 11) is 1.25. The molecule has 1 aliphatic rings. The van der Waals surface area contributed by atoms with E-state index in [4.69, 9.17) is 4.74 Å². The third kappa shape index (κ3) is 3.59. The maximum atomic E-state index is 11.8. The number of hydrogen-bond donors (Lipinski definition) is 1. The lowest BCUT2D eigenvalue weighted by Crippen LogP contribution is -2.43. The molecule has 1 rings (SSSR count). The van der Waals surface area contributed by atoms with Crippen LogP contribution in [-0.4, -0.2) is 53.5 Å². The van der Waals surface area contributed by atoms with Crippen molar-refractivity contribution in [3.05, 3.63) is 0 Å². The van der Waals surface area contributed by atoms with E-state index < -0.39 is 29.8 Å². The Kier molecular flexibility index (Phi) is 3.98. The quantitative estimate of drug-likeness (QED) is 0.682. The Morgan fingerprint density at radius 1 is 1.35 bits per heavy atom. The van der Waals surface area contributed by atoms with Crippen molar-refractivity contribution in [2.45, 2.75) is 44.9 Å². The molecule has 1 saturated heterocycles. The van der Waals surface area contributed by atoms with Gasteiger partial charge in [0.05, 0.1) is 19.8 Å². The summed E-state index contributed by atoms with van der Waals surface area (Å²) in [4.78, 5) is 24.5. The Balaban J connectivity index is 2.73. The van der Waals surface area contributed by atoms with Crippen molar-refractivity contribution in [3.8, 4) is 0 Å². The molecule has 0 aromatic heterocycles. The number of carbonyl (C=O) groups excluding carboxylic acids is 2. The third-order valence-corrected chi connectivity index (χ3v) is 2.38. The molecule has 1 amide bonds. The topological polar surface area (TPSA) is 76.1 Å². The second-order valence-corrected chi connectivity index (χ2v) is 5.06. The molecule has 0 aromatic rings. The number of aliphatic hydroxyl groups excluding tert-OH is 1. The van der Waals surface area contributed by atoms with Gasteiger partial charge in [0.2, 0.25) is 0 Å². The average molecular weight is 245 g/mol. The van der Waals surface area contributed by atoms with Gasteiger partial charge < -0.3 is 14.6 Å². The molecule has 0 aromatic carbocycles. The van der Waals surface area contributed by atoms with Crippen LogP contribution >= 0.6 is 0 Å². The first-order valence-corrected chi connectivity index (χ1v) is 5.50. The number of methoxy groups -OCH3 is 1. The van der Waals surface area contributed by atoms with Crippen LogP contribution in [0.15, 0.2) is 0 Å². The molecule has 1 N–H and O–H groups in total. The minimum Gasteiger partial charge on any atom is -0.467 e. The number of β-amino-alcohol motifs (C(OH)–C–C–N with tert-alkyl or cyclic N) is 1. The molecule has 0 bridgehead atoms. The van der Waals surface area contributed by atoms with Gasteiger partial charge in [-0.3, -0.25) is 4.90 Å². The fourth-order valence-corrected chi connectivity index (χ4v) is 1.70. The predicted octanol–water partition coefficient (Wildman–Crippen LogP) is 0.530. The maximum Gasteiger partial charge on any atom is 0.411 e. The standard InChI is InChI=1S/C11H19NO5/c1-11(2,3)17-10(15)12-6-7(13)5-8(12)9(14)16-4/h7-8,13H,5-6H2,1-4H3/t7-,8?/m1/s1. The lowest BCUT2D eigenvalue weighted by molar-refractivity contribution is -0.145. The van der Waals surface area contributed by atoms with Crippen LogP contribution in [0.1, 0.15) is 27.2 Å². The molecule has 17 heavy (non-hydrogen) atoms. The van der Waals surface area contributed by atoms with E-state index in [1.54, 1.807) is 20.8 Å². The zero-order valence-electron chi connectivity index (χ0n) is 10.6. The minimum atomic E-state index is -0.759. The van der Waals surface area contributed by atoms with Gasteiger partial charge in [-0.1, -0.05) is 0 Å². The van der Waals surface area contributed by atoms with Gasteiger partial charge >= 0.3 is 12.1 Å². The molecule has 0 spiro atoms. The number of rotatable bonds is 1. The summed E-state index contributed by atoms with van der Waals surface area (Å²) >= 11 is 0. The Morgan fingerprint density at radius 3 is 2.41 bits per heavy atom. The van der Waals surface area contributed by atoms with Crippen molar-refractivity contribution in [2.24, 2.45) is 0 Å². The van der Waals surface area contributed by atoms with Crippen molar-refractivity contribution >= 4 is 12.1 Å². The SMILES string of the molecule is COC(=O)C1C[C@@H](O)CN1C(=O)OC(C)(C)C. The highest BCUT2D eigenvalue weighted by Crippen LogP contribution is 2.22. The first-order chi connectivity index (χ1) is 7.74. The highest BCUT2D eigenvalue weighted by Gasteiger charge is 2.41. The van der Waals surface area contributed by atoms with Crippen LogP contribution < -0.4 is 0 Å². The van der Waals surface area contributed by atoms with E-state index in [9.17, 15) is 14.7 Å². The first kappa shape index (κ1) is 13.8. The molecule has 1 heterocycles. The number of aliphatic hydroxyl groups is 1. The van der Waals surface area contributed by atoms with Crippen LogP contribution in [0.5, 0.6) is 0 Å². The number of likely N-dealkylation sites (tertiary alicyclic amines) is 1. The Bertz CT molecular complexity index is 309. The Labute approximate surface area is 100 Å². The highest BCUT2D eigenvalue weighted by atomic mass is 16.6. The summed E-state index contributed by atoms with van der Waals surface area (Å²) < 4.78 is 9.76. The van der Waals surface area contributed by atoms with Gasteiger partial charge in [-0.05, 0) is 20.8 Å². The van der Waals surface area contributed by atoms with Gasteiger partial charge in [0.15, 0.2) is 0 Å². The predicted molar refractivity (Wildman–Crippen MR) is 59.4 cm³/mol. The van der Waals surface area contributed by atoms with Gasteiger partial charge in [-0.15, -0.1) is 0 Å². The van der Waals surface area contributed by atoms with E-state index in [1.807, 2.05) is 0 Å². The summed E-state index contributed by atoms with van der Waals surface area (Å²) in [6, 6.07) is -0.759. The average Bonchev–Trinajstić information content (AvgIpc) is 2.56. The summed E-state index contributed by atoms with van der Waals surface area (Å²) in [6.07, 6.45) is -1.14. The summed E-state index contributed by atoms with van der Waals surface area (Å²) in [5.41, 5.74) is -0.634. The van der Waals surface area contributed by atoms with Crippen LogP contribution in [0.25, 0.3) is 0 Å². The van der Waals surface area contributed by atoms with E-state index >= 15 is 0 Å². The van der Waals surface area contributed by atoms with Crippen LogP contribution in [0, 0.1) is 0 Å². The lowest BCUT2D eigenvalue weighted by Gasteiger charge is -2.27. The molecule has 6 nitrogen and oxygen atoms in total. The monoisotopic (exact) mass is 245 g/mol. The van der Waals surface area contributed by atoms with Crippen molar-refractivity contribution < 1.29 is 24.2 Å². The van der Waals surface area contributed by atoms with Crippen LogP contribution in [0.2, 0.25) is 0 Å². The molecule has 0 aliphatic carbocycles. The van der Waals surface area contributed by atoms with Crippen LogP contribution in [-0.2, 0) is 14.3 Å². The molecule has 6 heteroatoms. The second kappa shape index (κ2) is 4.91. The largest absolute Gasteiger partial charge is 0.467 e. The molecule has 1 fully saturated rings. The van der Waals surface area contributed by atoms with Gasteiger partial charge in [0, 0.05) is 6.42 Å². The van der Waals surface area contributed by atoms with E-state index in [0.717, 1.165) is 0 Å². The Hall–Kier alpha value is -1.30. The molecule has 1 unspecified atom stereocenters. The second-order valence-electron chi connectivity index (χ2n) is 5.06. The molecule has 0 saturated carbocycles. The highest BCUT2D eigenvalue weighted by molar-refractivity contribution is 5.82. The summed E-state index contributed by atoms with van der Waals surface area (Å²) in [5, 5.41) is 9.50. The van der Waals surface area contributed by atoms with Gasteiger partial charge in [-0.2, -0.15) is 0 Å².